The maximum Gasteiger partial charge on any atom is 0.247 e. The molecule has 1 aromatic rings. The second-order valence-electron chi connectivity index (χ2n) is 6.06. The highest BCUT2D eigenvalue weighted by Gasteiger charge is 2.39. The molecule has 1 saturated carbocycles. The highest BCUT2D eigenvalue weighted by atomic mass is 16.2. The summed E-state index contributed by atoms with van der Waals surface area (Å²) in [5.74, 6) is -0.119. The lowest BCUT2D eigenvalue weighted by Crippen LogP contribution is -2.44. The first-order chi connectivity index (χ1) is 10.2. The highest BCUT2D eigenvalue weighted by molar-refractivity contribution is 6.05. The molecular formula is C17H22N2O2. The number of hydrogen-bond acceptors (Lipinski definition) is 3. The van der Waals surface area contributed by atoms with Crippen LogP contribution in [-0.2, 0) is 16.1 Å². The van der Waals surface area contributed by atoms with Gasteiger partial charge in [-0.25, -0.2) is 0 Å². The van der Waals surface area contributed by atoms with Crippen LogP contribution < -0.4 is 5.32 Å². The summed E-state index contributed by atoms with van der Waals surface area (Å²) in [6, 6.07) is 9.77. The largest absolute Gasteiger partial charge is 0.303 e. The monoisotopic (exact) mass is 286 g/mol. The van der Waals surface area contributed by atoms with Crippen LogP contribution in [0.25, 0.3) is 0 Å². The maximum absolute atomic E-state index is 12.4. The summed E-state index contributed by atoms with van der Waals surface area (Å²) in [5, 5.41) is 3.40. The summed E-state index contributed by atoms with van der Waals surface area (Å²) in [4.78, 5) is 25.9. The van der Waals surface area contributed by atoms with Gasteiger partial charge in [0.25, 0.3) is 0 Å². The molecule has 1 unspecified atom stereocenters. The SMILES string of the molecule is O=C1CC(NC2CCCCC2)C(=O)N1Cc1ccccc1. The van der Waals surface area contributed by atoms with Crippen molar-refractivity contribution in [2.75, 3.05) is 0 Å². The van der Waals surface area contributed by atoms with Gasteiger partial charge in [0, 0.05) is 6.04 Å². The molecule has 4 heteroatoms. The molecule has 0 radical (unpaired) electrons. The van der Waals surface area contributed by atoms with Crippen molar-refractivity contribution in [3.05, 3.63) is 35.9 Å². The topological polar surface area (TPSA) is 49.4 Å². The molecule has 1 saturated heterocycles. The van der Waals surface area contributed by atoms with Gasteiger partial charge in [0.15, 0.2) is 0 Å². The van der Waals surface area contributed by atoms with Crippen molar-refractivity contribution in [3.63, 3.8) is 0 Å². The van der Waals surface area contributed by atoms with Crippen LogP contribution in [0.15, 0.2) is 30.3 Å². The van der Waals surface area contributed by atoms with Crippen molar-refractivity contribution < 1.29 is 9.59 Å². The van der Waals surface area contributed by atoms with Gasteiger partial charge < -0.3 is 5.32 Å². The summed E-state index contributed by atoms with van der Waals surface area (Å²) >= 11 is 0. The number of rotatable bonds is 4. The first-order valence-corrected chi connectivity index (χ1v) is 7.88. The third kappa shape index (κ3) is 3.32. The predicted octanol–water partition coefficient (Wildman–Crippen LogP) is 2.24. The Bertz CT molecular complexity index is 509. The van der Waals surface area contributed by atoms with E-state index in [9.17, 15) is 9.59 Å². The van der Waals surface area contributed by atoms with Gasteiger partial charge in [0.1, 0.15) is 0 Å². The van der Waals surface area contributed by atoms with Gasteiger partial charge in [-0.15, -0.1) is 0 Å². The second kappa shape index (κ2) is 6.39. The number of amides is 2. The van der Waals surface area contributed by atoms with Crippen molar-refractivity contribution in [1.82, 2.24) is 10.2 Å². The van der Waals surface area contributed by atoms with E-state index in [1.54, 1.807) is 0 Å². The number of nitrogens with one attached hydrogen (secondary N) is 1. The smallest absolute Gasteiger partial charge is 0.247 e. The first-order valence-electron chi connectivity index (χ1n) is 7.88. The molecule has 1 atom stereocenters. The zero-order chi connectivity index (χ0) is 14.7. The Morgan fingerprint density at radius 2 is 1.76 bits per heavy atom. The molecule has 1 aliphatic carbocycles. The van der Waals surface area contributed by atoms with Crippen molar-refractivity contribution in [2.45, 2.75) is 57.2 Å². The number of carbonyl (C=O) groups is 2. The molecular weight excluding hydrogens is 264 g/mol. The van der Waals surface area contributed by atoms with E-state index in [0.717, 1.165) is 18.4 Å². The number of imide groups is 1. The summed E-state index contributed by atoms with van der Waals surface area (Å²) < 4.78 is 0. The van der Waals surface area contributed by atoms with E-state index in [2.05, 4.69) is 5.32 Å². The minimum absolute atomic E-state index is 0.0582. The Hall–Kier alpha value is -1.68. The van der Waals surface area contributed by atoms with E-state index >= 15 is 0 Å². The molecule has 4 nitrogen and oxygen atoms in total. The fourth-order valence-corrected chi connectivity index (χ4v) is 3.30. The first kappa shape index (κ1) is 14.3. The van der Waals surface area contributed by atoms with Crippen LogP contribution >= 0.6 is 0 Å². The lowest BCUT2D eigenvalue weighted by Gasteiger charge is -2.25. The molecule has 21 heavy (non-hydrogen) atoms. The highest BCUT2D eigenvalue weighted by Crippen LogP contribution is 2.22. The van der Waals surface area contributed by atoms with E-state index in [0.29, 0.717) is 19.0 Å². The number of hydrogen-bond donors (Lipinski definition) is 1. The predicted molar refractivity (Wildman–Crippen MR) is 80.4 cm³/mol. The number of carbonyl (C=O) groups excluding carboxylic acids is 2. The van der Waals surface area contributed by atoms with Crippen molar-refractivity contribution >= 4 is 11.8 Å². The lowest BCUT2D eigenvalue weighted by molar-refractivity contribution is -0.139. The molecule has 112 valence electrons. The molecule has 3 rings (SSSR count). The van der Waals surface area contributed by atoms with Gasteiger partial charge in [0.05, 0.1) is 19.0 Å². The van der Waals surface area contributed by atoms with Crippen LogP contribution in [0.2, 0.25) is 0 Å². The van der Waals surface area contributed by atoms with E-state index in [1.807, 2.05) is 30.3 Å². The third-order valence-corrected chi connectivity index (χ3v) is 4.47. The maximum atomic E-state index is 12.4. The Balaban J connectivity index is 1.62. The van der Waals surface area contributed by atoms with Gasteiger partial charge in [0.2, 0.25) is 11.8 Å². The van der Waals surface area contributed by atoms with Gasteiger partial charge in [-0.2, -0.15) is 0 Å². The fourth-order valence-electron chi connectivity index (χ4n) is 3.30. The average Bonchev–Trinajstić information content (AvgIpc) is 2.77. The van der Waals surface area contributed by atoms with Crippen LogP contribution in [-0.4, -0.2) is 28.8 Å². The molecule has 1 aromatic carbocycles. The molecule has 1 N–H and O–H groups in total. The van der Waals surface area contributed by atoms with Crippen molar-refractivity contribution in [3.8, 4) is 0 Å². The number of nitrogens with zero attached hydrogens (tertiary/aromatic N) is 1. The quantitative estimate of drug-likeness (QED) is 0.864. The van der Waals surface area contributed by atoms with Crippen LogP contribution in [0.1, 0.15) is 44.1 Å². The Morgan fingerprint density at radius 1 is 1.05 bits per heavy atom. The van der Waals surface area contributed by atoms with E-state index in [4.69, 9.17) is 0 Å². The minimum Gasteiger partial charge on any atom is -0.303 e. The molecule has 2 fully saturated rings. The average molecular weight is 286 g/mol. The number of likely N-dealkylation sites (tertiary alicyclic amines) is 1. The van der Waals surface area contributed by atoms with Gasteiger partial charge >= 0.3 is 0 Å². The van der Waals surface area contributed by atoms with E-state index in [-0.39, 0.29) is 17.9 Å². The molecule has 0 aromatic heterocycles. The summed E-state index contributed by atoms with van der Waals surface area (Å²) in [7, 11) is 0. The van der Waals surface area contributed by atoms with Crippen LogP contribution in [0.4, 0.5) is 0 Å². The molecule has 2 aliphatic rings. The van der Waals surface area contributed by atoms with Crippen molar-refractivity contribution in [2.24, 2.45) is 0 Å². The van der Waals surface area contributed by atoms with Crippen LogP contribution in [0, 0.1) is 0 Å². The Kier molecular flexibility index (Phi) is 4.34. The van der Waals surface area contributed by atoms with Gasteiger partial charge in [-0.1, -0.05) is 49.6 Å². The lowest BCUT2D eigenvalue weighted by atomic mass is 9.95. The Labute approximate surface area is 125 Å². The third-order valence-electron chi connectivity index (χ3n) is 4.47. The van der Waals surface area contributed by atoms with Crippen LogP contribution in [0.5, 0.6) is 0 Å². The normalized spacial score (nSPS) is 23.8. The zero-order valence-electron chi connectivity index (χ0n) is 12.3. The summed E-state index contributed by atoms with van der Waals surface area (Å²) in [6.07, 6.45) is 6.28. The summed E-state index contributed by atoms with van der Waals surface area (Å²) in [6.45, 7) is 0.390. The molecule has 1 aliphatic heterocycles. The van der Waals surface area contributed by atoms with Gasteiger partial charge in [-0.05, 0) is 18.4 Å². The molecule has 1 heterocycles. The summed E-state index contributed by atoms with van der Waals surface area (Å²) in [5.41, 5.74) is 0.998. The minimum atomic E-state index is -0.315. The zero-order valence-corrected chi connectivity index (χ0v) is 12.3. The molecule has 0 spiro atoms. The second-order valence-corrected chi connectivity index (χ2v) is 6.06. The fraction of sp³-hybridized carbons (Fsp3) is 0.529. The number of benzene rings is 1. The van der Waals surface area contributed by atoms with Crippen LogP contribution in [0.3, 0.4) is 0 Å². The molecule has 0 bridgehead atoms. The molecule has 2 amide bonds. The van der Waals surface area contributed by atoms with E-state index in [1.165, 1.54) is 24.2 Å². The Morgan fingerprint density at radius 3 is 2.48 bits per heavy atom. The van der Waals surface area contributed by atoms with Gasteiger partial charge in [-0.3, -0.25) is 14.5 Å². The van der Waals surface area contributed by atoms with E-state index < -0.39 is 0 Å². The van der Waals surface area contributed by atoms with Crippen molar-refractivity contribution in [1.29, 1.82) is 0 Å². The standard InChI is InChI=1S/C17H22N2O2/c20-16-11-15(18-14-9-5-2-6-10-14)17(21)19(16)12-13-7-3-1-4-8-13/h1,3-4,7-8,14-15,18H,2,5-6,9-12H2.